The summed E-state index contributed by atoms with van der Waals surface area (Å²) >= 11 is 7.26. The lowest BCUT2D eigenvalue weighted by molar-refractivity contribution is -0.116. The molecule has 0 bridgehead atoms. The molecule has 0 saturated carbocycles. The molecule has 0 radical (unpaired) electrons. The number of nitrogens with zero attached hydrogens (tertiary/aromatic N) is 3. The third-order valence-corrected chi connectivity index (χ3v) is 6.69. The van der Waals surface area contributed by atoms with Gasteiger partial charge in [0.15, 0.2) is 0 Å². The van der Waals surface area contributed by atoms with Crippen LogP contribution in [0.15, 0.2) is 65.2 Å². The number of H-pyrrole nitrogens is 1. The van der Waals surface area contributed by atoms with Gasteiger partial charge in [-0.3, -0.25) is 10.1 Å². The topological polar surface area (TPSA) is 108 Å². The molecule has 2 aromatic carbocycles. The highest BCUT2D eigenvalue weighted by atomic mass is 35.5. The maximum Gasteiger partial charge on any atom is 0.242 e. The average Bonchev–Trinajstić information content (AvgIpc) is 3.19. The van der Waals surface area contributed by atoms with Crippen molar-refractivity contribution in [2.75, 3.05) is 18.9 Å². The molecule has 31 heavy (non-hydrogen) atoms. The second-order valence-electron chi connectivity index (χ2n) is 6.44. The molecule has 0 fully saturated rings. The van der Waals surface area contributed by atoms with Crippen LogP contribution in [0.3, 0.4) is 0 Å². The molecule has 0 saturated heterocycles. The molecule has 162 valence electrons. The van der Waals surface area contributed by atoms with Crippen molar-refractivity contribution in [3.63, 3.8) is 0 Å². The van der Waals surface area contributed by atoms with E-state index in [0.29, 0.717) is 15.9 Å². The van der Waals surface area contributed by atoms with E-state index in [1.807, 2.05) is 30.3 Å². The van der Waals surface area contributed by atoms with Crippen molar-refractivity contribution in [3.05, 3.63) is 76.2 Å². The predicted molar refractivity (Wildman–Crippen MR) is 123 cm³/mol. The summed E-state index contributed by atoms with van der Waals surface area (Å²) in [6.07, 6.45) is 1.48. The molecule has 3 rings (SSSR count). The molecule has 3 aromatic rings. The third-order valence-electron chi connectivity index (χ3n) is 4.04. The Morgan fingerprint density at radius 1 is 1.19 bits per heavy atom. The number of hydrogen-bond donors (Lipinski definition) is 2. The molecular weight excluding hydrogens is 458 g/mol. The fourth-order valence-electron chi connectivity index (χ4n) is 2.39. The van der Waals surface area contributed by atoms with Gasteiger partial charge in [-0.05, 0) is 29.3 Å². The van der Waals surface area contributed by atoms with Gasteiger partial charge in [0.05, 0.1) is 6.54 Å². The van der Waals surface area contributed by atoms with Gasteiger partial charge < -0.3 is 0 Å². The highest BCUT2D eigenvalue weighted by Gasteiger charge is 2.18. The van der Waals surface area contributed by atoms with Crippen LogP contribution < -0.4 is 5.32 Å². The Hall–Kier alpha value is -2.66. The second kappa shape index (κ2) is 10.6. The number of aromatic nitrogens is 3. The van der Waals surface area contributed by atoms with E-state index in [1.165, 1.54) is 24.9 Å². The van der Waals surface area contributed by atoms with E-state index in [4.69, 9.17) is 11.6 Å². The SMILES string of the molecule is CN(CC(=O)Nc1nc(SCc2ccc(Cl)cc2)n[nH]1)S(=O)(=O)C=Cc1ccccc1. The lowest BCUT2D eigenvalue weighted by atomic mass is 10.2. The Labute approximate surface area is 189 Å². The Bertz CT molecular complexity index is 1150. The first-order chi connectivity index (χ1) is 14.8. The van der Waals surface area contributed by atoms with Gasteiger partial charge in [-0.1, -0.05) is 65.8 Å². The van der Waals surface area contributed by atoms with Gasteiger partial charge in [0, 0.05) is 23.2 Å². The molecule has 11 heteroatoms. The van der Waals surface area contributed by atoms with Crippen LogP contribution >= 0.6 is 23.4 Å². The highest BCUT2D eigenvalue weighted by molar-refractivity contribution is 7.98. The number of aromatic amines is 1. The van der Waals surface area contributed by atoms with Crippen molar-refractivity contribution in [3.8, 4) is 0 Å². The van der Waals surface area contributed by atoms with Crippen LogP contribution in [0.2, 0.25) is 5.02 Å². The van der Waals surface area contributed by atoms with Crippen molar-refractivity contribution >= 4 is 51.3 Å². The number of carbonyl (C=O) groups is 1. The van der Waals surface area contributed by atoms with Gasteiger partial charge in [0.2, 0.25) is 27.0 Å². The quantitative estimate of drug-likeness (QED) is 0.456. The highest BCUT2D eigenvalue weighted by Crippen LogP contribution is 2.21. The zero-order chi connectivity index (χ0) is 22.3. The summed E-state index contributed by atoms with van der Waals surface area (Å²) in [6, 6.07) is 16.5. The molecule has 0 spiro atoms. The number of halogens is 1. The Balaban J connectivity index is 1.50. The molecule has 1 heterocycles. The van der Waals surface area contributed by atoms with Crippen LogP contribution in [-0.4, -0.2) is 47.4 Å². The van der Waals surface area contributed by atoms with Crippen molar-refractivity contribution in [2.45, 2.75) is 10.9 Å². The fraction of sp³-hybridized carbons (Fsp3) is 0.150. The number of rotatable bonds is 9. The summed E-state index contributed by atoms with van der Waals surface area (Å²) < 4.78 is 25.6. The zero-order valence-corrected chi connectivity index (χ0v) is 18.9. The standard InChI is InChI=1S/C20H20ClN5O3S2/c1-26(31(28,29)12-11-15-5-3-2-4-6-15)13-18(27)22-19-23-20(25-24-19)30-14-16-7-9-17(21)10-8-16/h2-12H,13-14H2,1H3,(H2,22,23,24,25,27). The minimum absolute atomic E-state index is 0.147. The second-order valence-corrected chi connectivity index (χ2v) is 9.75. The summed E-state index contributed by atoms with van der Waals surface area (Å²) in [5.41, 5.74) is 1.80. The van der Waals surface area contributed by atoms with Gasteiger partial charge in [-0.2, -0.15) is 9.29 Å². The molecule has 0 aliphatic rings. The monoisotopic (exact) mass is 477 g/mol. The molecule has 0 aliphatic heterocycles. The Kier molecular flexibility index (Phi) is 7.85. The van der Waals surface area contributed by atoms with Crippen molar-refractivity contribution < 1.29 is 13.2 Å². The molecule has 0 aliphatic carbocycles. The fourth-order valence-corrected chi connectivity index (χ4v) is 4.11. The Morgan fingerprint density at radius 3 is 2.61 bits per heavy atom. The van der Waals surface area contributed by atoms with Crippen LogP contribution in [0.4, 0.5) is 5.95 Å². The predicted octanol–water partition coefficient (Wildman–Crippen LogP) is 3.62. The molecule has 2 N–H and O–H groups in total. The number of benzene rings is 2. The number of likely N-dealkylation sites (N-methyl/N-ethyl adjacent to an activating group) is 1. The Morgan fingerprint density at radius 2 is 1.90 bits per heavy atom. The maximum absolute atomic E-state index is 12.3. The minimum Gasteiger partial charge on any atom is -0.294 e. The van der Waals surface area contributed by atoms with E-state index in [1.54, 1.807) is 24.3 Å². The first kappa shape index (κ1) is 23.0. The number of anilines is 1. The minimum atomic E-state index is -3.75. The van der Waals surface area contributed by atoms with Gasteiger partial charge in [0.1, 0.15) is 0 Å². The normalized spacial score (nSPS) is 11.8. The van der Waals surface area contributed by atoms with E-state index in [2.05, 4.69) is 20.5 Å². The van der Waals surface area contributed by atoms with Crippen LogP contribution in [0.5, 0.6) is 0 Å². The van der Waals surface area contributed by atoms with Gasteiger partial charge in [-0.25, -0.2) is 13.5 Å². The van der Waals surface area contributed by atoms with Crippen molar-refractivity contribution in [1.82, 2.24) is 19.5 Å². The molecule has 1 aromatic heterocycles. The third kappa shape index (κ3) is 7.21. The van der Waals surface area contributed by atoms with E-state index in [0.717, 1.165) is 20.8 Å². The summed E-state index contributed by atoms with van der Waals surface area (Å²) in [7, 11) is -2.42. The smallest absolute Gasteiger partial charge is 0.242 e. The molecule has 1 amide bonds. The lowest BCUT2D eigenvalue weighted by Gasteiger charge is -2.13. The van der Waals surface area contributed by atoms with E-state index in [9.17, 15) is 13.2 Å². The van der Waals surface area contributed by atoms with Crippen molar-refractivity contribution in [1.29, 1.82) is 0 Å². The number of sulfonamides is 1. The number of thioether (sulfide) groups is 1. The number of nitrogens with one attached hydrogen (secondary N) is 2. The van der Waals surface area contributed by atoms with E-state index >= 15 is 0 Å². The summed E-state index contributed by atoms with van der Waals surface area (Å²) in [5.74, 6) is 0.246. The van der Waals surface area contributed by atoms with Crippen LogP contribution in [0.1, 0.15) is 11.1 Å². The molecule has 0 atom stereocenters. The van der Waals surface area contributed by atoms with Gasteiger partial charge >= 0.3 is 0 Å². The van der Waals surface area contributed by atoms with Crippen molar-refractivity contribution in [2.24, 2.45) is 0 Å². The summed E-state index contributed by atoms with van der Waals surface area (Å²) in [5, 5.41) is 11.4. The molecule has 0 unspecified atom stereocenters. The summed E-state index contributed by atoms with van der Waals surface area (Å²) in [6.45, 7) is -0.366. The molecular formula is C20H20ClN5O3S2. The largest absolute Gasteiger partial charge is 0.294 e. The number of carbonyl (C=O) groups excluding carboxylic acids is 1. The summed E-state index contributed by atoms with van der Waals surface area (Å²) in [4.78, 5) is 16.4. The maximum atomic E-state index is 12.3. The zero-order valence-electron chi connectivity index (χ0n) is 16.5. The molecule has 8 nitrogen and oxygen atoms in total. The first-order valence-corrected chi connectivity index (χ1v) is 12.0. The van der Waals surface area contributed by atoms with E-state index < -0.39 is 15.9 Å². The average molecular weight is 478 g/mol. The number of hydrogen-bond acceptors (Lipinski definition) is 6. The first-order valence-electron chi connectivity index (χ1n) is 9.11. The van der Waals surface area contributed by atoms with Crippen LogP contribution in [0.25, 0.3) is 6.08 Å². The number of amides is 1. The van der Waals surface area contributed by atoms with Gasteiger partial charge in [-0.15, -0.1) is 5.10 Å². The lowest BCUT2D eigenvalue weighted by Crippen LogP contribution is -2.34. The van der Waals surface area contributed by atoms with Gasteiger partial charge in [0.25, 0.3) is 0 Å². The van der Waals surface area contributed by atoms with Crippen LogP contribution in [0, 0.1) is 0 Å². The van der Waals surface area contributed by atoms with Crippen LogP contribution in [-0.2, 0) is 20.6 Å². The van der Waals surface area contributed by atoms with E-state index in [-0.39, 0.29) is 12.5 Å².